The number of pyridine rings is 1. The molecule has 0 spiro atoms. The Balaban J connectivity index is 1.56. The van der Waals surface area contributed by atoms with E-state index in [0.29, 0.717) is 6.54 Å². The summed E-state index contributed by atoms with van der Waals surface area (Å²) in [4.78, 5) is 19.6. The topological polar surface area (TPSA) is 66.5 Å². The van der Waals surface area contributed by atoms with Gasteiger partial charge in [0.25, 0.3) is 0 Å². The van der Waals surface area contributed by atoms with Gasteiger partial charge in [0.15, 0.2) is 0 Å². The van der Waals surface area contributed by atoms with Crippen LogP contribution in [0.3, 0.4) is 0 Å². The fourth-order valence-electron chi connectivity index (χ4n) is 4.04. The molecule has 2 N–H and O–H groups in total. The SMILES string of the molecule is COc1cccc(C2NNCC2C(=O)N2CCCC2c2cccnc2)c1. The molecule has 0 saturated carbocycles. The standard InChI is InChI=1S/C20H24N4O2/c1-26-16-7-2-5-14(11-16)19-17(13-22-23-19)20(25)24-10-4-8-18(24)15-6-3-9-21-12-15/h2-3,5-7,9,11-12,17-19,22-23H,4,8,10,13H2,1H3. The van der Waals surface area contributed by atoms with Crippen LogP contribution in [0.4, 0.5) is 0 Å². The molecule has 1 amide bonds. The minimum atomic E-state index is -0.139. The molecular weight excluding hydrogens is 328 g/mol. The van der Waals surface area contributed by atoms with E-state index in [1.807, 2.05) is 41.4 Å². The highest BCUT2D eigenvalue weighted by Gasteiger charge is 2.40. The van der Waals surface area contributed by atoms with E-state index >= 15 is 0 Å². The molecule has 6 heteroatoms. The van der Waals surface area contributed by atoms with Crippen LogP contribution in [0, 0.1) is 5.92 Å². The third-order valence-corrected chi connectivity index (χ3v) is 5.36. The zero-order valence-electron chi connectivity index (χ0n) is 14.9. The maximum Gasteiger partial charge on any atom is 0.229 e. The van der Waals surface area contributed by atoms with Crippen molar-refractivity contribution in [2.75, 3.05) is 20.2 Å². The van der Waals surface area contributed by atoms with E-state index in [0.717, 1.165) is 36.3 Å². The molecule has 1 aromatic heterocycles. The van der Waals surface area contributed by atoms with Crippen molar-refractivity contribution in [3.05, 3.63) is 59.9 Å². The summed E-state index contributed by atoms with van der Waals surface area (Å²) < 4.78 is 5.33. The molecule has 2 aliphatic rings. The Morgan fingerprint density at radius 1 is 1.27 bits per heavy atom. The Hall–Kier alpha value is -2.44. The van der Waals surface area contributed by atoms with Crippen molar-refractivity contribution in [2.45, 2.75) is 24.9 Å². The van der Waals surface area contributed by atoms with Gasteiger partial charge < -0.3 is 9.64 Å². The molecule has 4 rings (SSSR count). The number of hydrogen-bond donors (Lipinski definition) is 2. The van der Waals surface area contributed by atoms with Gasteiger partial charge in [-0.1, -0.05) is 18.2 Å². The number of carbonyl (C=O) groups excluding carboxylic acids is 1. The summed E-state index contributed by atoms with van der Waals surface area (Å²) in [6.45, 7) is 1.43. The molecule has 3 heterocycles. The fraction of sp³-hybridized carbons (Fsp3) is 0.400. The van der Waals surface area contributed by atoms with Crippen molar-refractivity contribution in [3.8, 4) is 5.75 Å². The van der Waals surface area contributed by atoms with Crippen molar-refractivity contribution in [1.82, 2.24) is 20.7 Å². The third-order valence-electron chi connectivity index (χ3n) is 5.36. The van der Waals surface area contributed by atoms with Crippen LogP contribution in [0.1, 0.15) is 36.1 Å². The number of methoxy groups -OCH3 is 1. The third kappa shape index (κ3) is 3.18. The van der Waals surface area contributed by atoms with Crippen molar-refractivity contribution < 1.29 is 9.53 Å². The molecule has 2 fully saturated rings. The van der Waals surface area contributed by atoms with Crippen molar-refractivity contribution in [2.24, 2.45) is 5.92 Å². The van der Waals surface area contributed by atoms with Gasteiger partial charge in [-0.15, -0.1) is 0 Å². The van der Waals surface area contributed by atoms with E-state index in [4.69, 9.17) is 4.74 Å². The van der Waals surface area contributed by atoms with E-state index in [9.17, 15) is 4.79 Å². The molecule has 2 aromatic rings. The molecular formula is C20H24N4O2. The van der Waals surface area contributed by atoms with Gasteiger partial charge in [0.05, 0.1) is 25.1 Å². The van der Waals surface area contributed by atoms with Crippen LogP contribution in [0.5, 0.6) is 5.75 Å². The maximum absolute atomic E-state index is 13.4. The monoisotopic (exact) mass is 352 g/mol. The summed E-state index contributed by atoms with van der Waals surface area (Å²) in [6, 6.07) is 12.0. The summed E-state index contributed by atoms with van der Waals surface area (Å²) >= 11 is 0. The molecule has 0 bridgehead atoms. The van der Waals surface area contributed by atoms with Gasteiger partial charge in [-0.25, -0.2) is 5.43 Å². The minimum absolute atomic E-state index is 0.0623. The summed E-state index contributed by atoms with van der Waals surface area (Å²) in [5.74, 6) is 0.859. The lowest BCUT2D eigenvalue weighted by molar-refractivity contribution is -0.136. The molecule has 3 unspecified atom stereocenters. The Bertz CT molecular complexity index is 767. The summed E-state index contributed by atoms with van der Waals surface area (Å²) in [6.07, 6.45) is 5.67. The lowest BCUT2D eigenvalue weighted by Gasteiger charge is -2.29. The number of carbonyl (C=O) groups is 1. The van der Waals surface area contributed by atoms with E-state index < -0.39 is 0 Å². The molecule has 136 valence electrons. The summed E-state index contributed by atoms with van der Waals surface area (Å²) in [5.41, 5.74) is 8.62. The van der Waals surface area contributed by atoms with Crippen LogP contribution in [0.2, 0.25) is 0 Å². The number of nitrogens with one attached hydrogen (secondary N) is 2. The summed E-state index contributed by atoms with van der Waals surface area (Å²) in [7, 11) is 1.66. The average Bonchev–Trinajstić information content (AvgIpc) is 3.38. The number of hydrogen-bond acceptors (Lipinski definition) is 5. The number of aromatic nitrogens is 1. The number of amides is 1. The first kappa shape index (κ1) is 17.0. The van der Waals surface area contributed by atoms with Crippen molar-refractivity contribution >= 4 is 5.91 Å². The number of benzene rings is 1. The van der Waals surface area contributed by atoms with Gasteiger partial charge in [-0.3, -0.25) is 15.2 Å². The van der Waals surface area contributed by atoms with Gasteiger partial charge >= 0.3 is 0 Å². The van der Waals surface area contributed by atoms with Gasteiger partial charge in [0.2, 0.25) is 5.91 Å². The Morgan fingerprint density at radius 3 is 2.96 bits per heavy atom. The first-order valence-corrected chi connectivity index (χ1v) is 9.10. The van der Waals surface area contributed by atoms with Crippen LogP contribution >= 0.6 is 0 Å². The molecule has 6 nitrogen and oxygen atoms in total. The first-order valence-electron chi connectivity index (χ1n) is 9.10. The predicted molar refractivity (Wildman–Crippen MR) is 98.3 cm³/mol. The number of rotatable bonds is 4. The van der Waals surface area contributed by atoms with Gasteiger partial charge in [0, 0.05) is 25.5 Å². The highest BCUT2D eigenvalue weighted by molar-refractivity contribution is 5.81. The van der Waals surface area contributed by atoms with Crippen LogP contribution < -0.4 is 15.6 Å². The molecule has 0 aliphatic carbocycles. The number of likely N-dealkylation sites (tertiary alicyclic amines) is 1. The van der Waals surface area contributed by atoms with Gasteiger partial charge in [-0.05, 0) is 42.2 Å². The zero-order chi connectivity index (χ0) is 17.9. The predicted octanol–water partition coefficient (Wildman–Crippen LogP) is 2.22. The second kappa shape index (κ2) is 7.43. The highest BCUT2D eigenvalue weighted by atomic mass is 16.5. The summed E-state index contributed by atoms with van der Waals surface area (Å²) in [5, 5.41) is 0. The average molecular weight is 352 g/mol. The van der Waals surface area contributed by atoms with E-state index in [-0.39, 0.29) is 23.9 Å². The first-order chi connectivity index (χ1) is 12.8. The Morgan fingerprint density at radius 2 is 2.15 bits per heavy atom. The van der Waals surface area contributed by atoms with E-state index in [1.165, 1.54) is 0 Å². The molecule has 2 aliphatic heterocycles. The fourth-order valence-corrected chi connectivity index (χ4v) is 4.04. The zero-order valence-corrected chi connectivity index (χ0v) is 14.9. The highest BCUT2D eigenvalue weighted by Crippen LogP contribution is 2.36. The largest absolute Gasteiger partial charge is 0.497 e. The second-order valence-corrected chi connectivity index (χ2v) is 6.86. The van der Waals surface area contributed by atoms with Crippen LogP contribution in [0.15, 0.2) is 48.8 Å². The second-order valence-electron chi connectivity index (χ2n) is 6.86. The number of hydrazine groups is 1. The minimum Gasteiger partial charge on any atom is -0.497 e. The van der Waals surface area contributed by atoms with Gasteiger partial charge in [0.1, 0.15) is 5.75 Å². The molecule has 3 atom stereocenters. The number of nitrogens with zero attached hydrogens (tertiary/aromatic N) is 2. The maximum atomic E-state index is 13.4. The van der Waals surface area contributed by atoms with Crippen molar-refractivity contribution in [1.29, 1.82) is 0 Å². The van der Waals surface area contributed by atoms with E-state index in [1.54, 1.807) is 13.3 Å². The smallest absolute Gasteiger partial charge is 0.229 e. The normalized spacial score (nSPS) is 25.4. The van der Waals surface area contributed by atoms with Crippen LogP contribution in [-0.2, 0) is 4.79 Å². The molecule has 26 heavy (non-hydrogen) atoms. The van der Waals surface area contributed by atoms with Crippen LogP contribution in [-0.4, -0.2) is 36.0 Å². The molecule has 0 radical (unpaired) electrons. The van der Waals surface area contributed by atoms with Crippen LogP contribution in [0.25, 0.3) is 0 Å². The Kier molecular flexibility index (Phi) is 4.86. The van der Waals surface area contributed by atoms with Gasteiger partial charge in [-0.2, -0.15) is 0 Å². The Labute approximate surface area is 153 Å². The molecule has 2 saturated heterocycles. The lowest BCUT2D eigenvalue weighted by atomic mass is 9.93. The van der Waals surface area contributed by atoms with E-state index in [2.05, 4.69) is 21.9 Å². The number of ether oxygens (including phenoxy) is 1. The quantitative estimate of drug-likeness (QED) is 0.883. The van der Waals surface area contributed by atoms with Crippen molar-refractivity contribution in [3.63, 3.8) is 0 Å². The lowest BCUT2D eigenvalue weighted by Crippen LogP contribution is -2.38. The molecule has 1 aromatic carbocycles.